The van der Waals surface area contributed by atoms with Gasteiger partial charge in [-0.25, -0.2) is 0 Å². The van der Waals surface area contributed by atoms with Crippen molar-refractivity contribution in [3.63, 3.8) is 0 Å². The molecule has 2 heterocycles. The van der Waals surface area contributed by atoms with Crippen LogP contribution in [0.3, 0.4) is 0 Å². The van der Waals surface area contributed by atoms with Gasteiger partial charge in [0, 0.05) is 45.8 Å². The molecule has 4 heteroatoms. The molecular formula is C62H50N4. The number of nitrogens with zero attached hydrogens (tertiary/aromatic N) is 2. The van der Waals surface area contributed by atoms with Crippen molar-refractivity contribution in [1.82, 2.24) is 0 Å². The number of benzene rings is 9. The zero-order valence-corrected chi connectivity index (χ0v) is 37.7. The van der Waals surface area contributed by atoms with Crippen LogP contribution in [0.1, 0.15) is 61.1 Å². The molecule has 0 unspecified atom stereocenters. The molecule has 0 aliphatic carbocycles. The maximum absolute atomic E-state index is 9.17. The third-order valence-corrected chi connectivity index (χ3v) is 14.1. The van der Waals surface area contributed by atoms with Crippen LogP contribution < -0.4 is 9.80 Å². The second-order valence-corrected chi connectivity index (χ2v) is 18.4. The highest BCUT2D eigenvalue weighted by molar-refractivity contribution is 6.15. The van der Waals surface area contributed by atoms with Crippen molar-refractivity contribution in [2.24, 2.45) is 0 Å². The van der Waals surface area contributed by atoms with Gasteiger partial charge in [-0.1, -0.05) is 185 Å². The largest absolute Gasteiger partial charge is 0.310 e. The van der Waals surface area contributed by atoms with Gasteiger partial charge in [-0.05, 0) is 115 Å². The summed E-state index contributed by atoms with van der Waals surface area (Å²) in [5.41, 5.74) is 20.9. The fourth-order valence-electron chi connectivity index (χ4n) is 10.9. The van der Waals surface area contributed by atoms with Crippen LogP contribution >= 0.6 is 0 Å². The van der Waals surface area contributed by atoms with E-state index in [-0.39, 0.29) is 10.8 Å². The van der Waals surface area contributed by atoms with Crippen molar-refractivity contribution >= 4 is 46.6 Å². The molecule has 2 aliphatic rings. The Kier molecular flexibility index (Phi) is 9.78. The number of anilines is 6. The number of nitrogens with one attached hydrogen (secondary N) is 2. The summed E-state index contributed by atoms with van der Waals surface area (Å²) in [5.74, 6) is 0. The molecule has 2 N–H and O–H groups in total. The first-order chi connectivity index (χ1) is 32.2. The van der Waals surface area contributed by atoms with Crippen LogP contribution in [0, 0.1) is 10.8 Å². The Labute approximate surface area is 388 Å². The van der Waals surface area contributed by atoms with E-state index in [9.17, 15) is 0 Å². The number of hydrogen-bond acceptors (Lipinski definition) is 4. The van der Waals surface area contributed by atoms with Gasteiger partial charge in [-0.15, -0.1) is 0 Å². The van der Waals surface area contributed by atoms with Crippen molar-refractivity contribution in [2.45, 2.75) is 38.5 Å². The summed E-state index contributed by atoms with van der Waals surface area (Å²) in [6, 6.07) is 73.7. The highest BCUT2D eigenvalue weighted by Gasteiger charge is 2.38. The summed E-state index contributed by atoms with van der Waals surface area (Å²) >= 11 is 0. The molecule has 0 saturated heterocycles. The SMILES string of the molecule is CC1(C)c2ccccc2N(c2ccc(-c3c(C=N)c(C=N)c(-c4ccc(N5c6ccccc6C(C)(C)c6ccccc65)cc4)c(-c4ccccc4)c3-c3ccccc3)cc2)c2ccccc21. The topological polar surface area (TPSA) is 54.2 Å². The average molecular weight is 851 g/mol. The Balaban J connectivity index is 1.12. The van der Waals surface area contributed by atoms with E-state index in [1.54, 1.807) is 0 Å². The first-order valence-corrected chi connectivity index (χ1v) is 22.8. The fraction of sp³-hybridized carbons (Fsp3) is 0.0968. The number of hydrogen-bond donors (Lipinski definition) is 2. The van der Waals surface area contributed by atoms with Gasteiger partial charge >= 0.3 is 0 Å². The third-order valence-electron chi connectivity index (χ3n) is 14.1. The lowest BCUT2D eigenvalue weighted by Gasteiger charge is -2.42. The molecule has 11 rings (SSSR count). The van der Waals surface area contributed by atoms with E-state index in [2.05, 4.69) is 244 Å². The minimum absolute atomic E-state index is 0.159. The van der Waals surface area contributed by atoms with Crippen LogP contribution in [0.15, 0.2) is 206 Å². The van der Waals surface area contributed by atoms with Gasteiger partial charge < -0.3 is 20.6 Å². The van der Waals surface area contributed by atoms with E-state index in [1.807, 2.05) is 0 Å². The second-order valence-electron chi connectivity index (χ2n) is 18.4. The van der Waals surface area contributed by atoms with Crippen molar-refractivity contribution in [1.29, 1.82) is 10.8 Å². The van der Waals surface area contributed by atoms with E-state index in [4.69, 9.17) is 10.8 Å². The first-order valence-electron chi connectivity index (χ1n) is 22.8. The number of para-hydroxylation sites is 4. The molecule has 0 bridgehead atoms. The third kappa shape index (κ3) is 6.28. The van der Waals surface area contributed by atoms with Crippen LogP contribution in [0.4, 0.5) is 34.1 Å². The standard InChI is InChI=1S/C62H50N4/c1-61(2)49-23-11-15-27-53(49)65(54-28-16-12-24-50(54)61)45-35-31-43(32-36-45)57-47(39-63)48(40-64)58(60(42-21-9-6-10-22-42)59(57)41-19-7-5-8-20-41)44-33-37-46(38-34-44)66-55-29-17-13-25-51(55)62(3,4)52-26-14-18-30-56(52)66/h5-40,63-64H,1-4H3. The predicted octanol–water partition coefficient (Wildman–Crippen LogP) is 16.6. The van der Waals surface area contributed by atoms with Crippen LogP contribution in [0.25, 0.3) is 44.5 Å². The van der Waals surface area contributed by atoms with Gasteiger partial charge in [0.15, 0.2) is 0 Å². The Morgan fingerprint density at radius 2 is 0.561 bits per heavy atom. The predicted molar refractivity (Wildman–Crippen MR) is 278 cm³/mol. The molecule has 2 aliphatic heterocycles. The van der Waals surface area contributed by atoms with E-state index in [0.717, 1.165) is 55.9 Å². The monoisotopic (exact) mass is 850 g/mol. The van der Waals surface area contributed by atoms with Gasteiger partial charge in [-0.2, -0.15) is 0 Å². The van der Waals surface area contributed by atoms with Crippen LogP contribution in [-0.2, 0) is 10.8 Å². The Morgan fingerprint density at radius 1 is 0.303 bits per heavy atom. The van der Waals surface area contributed by atoms with Gasteiger partial charge in [0.2, 0.25) is 0 Å². The second kappa shape index (κ2) is 15.9. The molecule has 66 heavy (non-hydrogen) atoms. The van der Waals surface area contributed by atoms with E-state index >= 15 is 0 Å². The van der Waals surface area contributed by atoms with Crippen LogP contribution in [0.2, 0.25) is 0 Å². The lowest BCUT2D eigenvalue weighted by molar-refractivity contribution is 0.632. The first kappa shape index (κ1) is 40.7. The Bertz CT molecular complexity index is 3000. The zero-order chi connectivity index (χ0) is 45.2. The highest BCUT2D eigenvalue weighted by Crippen LogP contribution is 2.55. The van der Waals surface area contributed by atoms with Crippen molar-refractivity contribution in [3.05, 3.63) is 240 Å². The molecular weight excluding hydrogens is 801 g/mol. The van der Waals surface area contributed by atoms with Gasteiger partial charge in [0.25, 0.3) is 0 Å². The number of rotatable bonds is 8. The van der Waals surface area contributed by atoms with Gasteiger partial charge in [0.05, 0.1) is 22.7 Å². The minimum atomic E-state index is -0.159. The summed E-state index contributed by atoms with van der Waals surface area (Å²) < 4.78 is 0. The number of fused-ring (bicyclic) bond motifs is 4. The summed E-state index contributed by atoms with van der Waals surface area (Å²) in [4.78, 5) is 4.75. The summed E-state index contributed by atoms with van der Waals surface area (Å²) in [7, 11) is 0. The van der Waals surface area contributed by atoms with Gasteiger partial charge in [-0.3, -0.25) is 0 Å². The summed E-state index contributed by atoms with van der Waals surface area (Å²) in [6.07, 6.45) is 2.90. The smallest absolute Gasteiger partial charge is 0.0502 e. The fourth-order valence-corrected chi connectivity index (χ4v) is 10.9. The molecule has 318 valence electrons. The van der Waals surface area contributed by atoms with E-state index < -0.39 is 0 Å². The Hall–Kier alpha value is -8.08. The van der Waals surface area contributed by atoms with Crippen molar-refractivity contribution in [2.75, 3.05) is 9.80 Å². The quantitative estimate of drug-likeness (QED) is 0.150. The molecule has 0 atom stereocenters. The summed E-state index contributed by atoms with van der Waals surface area (Å²) in [5, 5.41) is 18.3. The lowest BCUT2D eigenvalue weighted by Crippen LogP contribution is -2.30. The van der Waals surface area contributed by atoms with Crippen molar-refractivity contribution in [3.8, 4) is 44.5 Å². The lowest BCUT2D eigenvalue weighted by atomic mass is 9.73. The van der Waals surface area contributed by atoms with E-state index in [1.165, 1.54) is 57.4 Å². The van der Waals surface area contributed by atoms with E-state index in [0.29, 0.717) is 11.1 Å². The zero-order valence-electron chi connectivity index (χ0n) is 37.7. The van der Waals surface area contributed by atoms with Gasteiger partial charge in [0.1, 0.15) is 0 Å². The normalized spacial score (nSPS) is 14.1. The molecule has 0 amide bonds. The molecule has 4 nitrogen and oxygen atoms in total. The van der Waals surface area contributed by atoms with Crippen LogP contribution in [-0.4, -0.2) is 12.4 Å². The molecule has 9 aromatic rings. The molecule has 0 spiro atoms. The van der Waals surface area contributed by atoms with Crippen LogP contribution in [0.5, 0.6) is 0 Å². The maximum Gasteiger partial charge on any atom is 0.0502 e. The summed E-state index contributed by atoms with van der Waals surface area (Å²) in [6.45, 7) is 9.25. The van der Waals surface area contributed by atoms with Crippen molar-refractivity contribution < 1.29 is 0 Å². The Morgan fingerprint density at radius 3 is 0.848 bits per heavy atom. The molecule has 0 radical (unpaired) electrons. The molecule has 0 fully saturated rings. The molecule has 0 aromatic heterocycles. The average Bonchev–Trinajstić information content (AvgIpc) is 3.37. The molecule has 0 saturated carbocycles. The minimum Gasteiger partial charge on any atom is -0.310 e. The highest BCUT2D eigenvalue weighted by atomic mass is 15.2. The molecule has 9 aromatic carbocycles. The maximum atomic E-state index is 9.17.